The smallest absolute Gasteiger partial charge is 0.242 e. The number of aliphatic hydroxyl groups excluding tert-OH is 1. The first-order valence-corrected chi connectivity index (χ1v) is 5.58. The van der Waals surface area contributed by atoms with Crippen LogP contribution in [0.1, 0.15) is 5.56 Å². The minimum Gasteiger partial charge on any atom is -0.491 e. The van der Waals surface area contributed by atoms with Gasteiger partial charge in [0.1, 0.15) is 12.4 Å². The first-order chi connectivity index (χ1) is 8.79. The molecular formula is C11H15N5O2. The fourth-order valence-electron chi connectivity index (χ4n) is 1.43. The van der Waals surface area contributed by atoms with Crippen LogP contribution in [0.5, 0.6) is 5.75 Å². The van der Waals surface area contributed by atoms with Crippen LogP contribution in [0.25, 0.3) is 0 Å². The molecule has 0 saturated carbocycles. The summed E-state index contributed by atoms with van der Waals surface area (Å²) in [4.78, 5) is 0. The van der Waals surface area contributed by atoms with Gasteiger partial charge >= 0.3 is 0 Å². The van der Waals surface area contributed by atoms with Crippen molar-refractivity contribution in [1.29, 1.82) is 0 Å². The maximum atomic E-state index is 8.64. The molecule has 18 heavy (non-hydrogen) atoms. The van der Waals surface area contributed by atoms with Crippen LogP contribution < -0.4 is 10.1 Å². The summed E-state index contributed by atoms with van der Waals surface area (Å²) in [7, 11) is 1.77. The van der Waals surface area contributed by atoms with Gasteiger partial charge in [0.15, 0.2) is 0 Å². The van der Waals surface area contributed by atoms with Crippen LogP contribution in [-0.4, -0.2) is 38.5 Å². The molecular weight excluding hydrogens is 234 g/mol. The number of hydrogen-bond donors (Lipinski definition) is 2. The molecule has 0 fully saturated rings. The molecule has 1 aromatic heterocycles. The topological polar surface area (TPSA) is 85.1 Å². The molecule has 2 rings (SSSR count). The van der Waals surface area contributed by atoms with Crippen molar-refractivity contribution >= 4 is 5.95 Å². The second-order valence-corrected chi connectivity index (χ2v) is 3.70. The average molecular weight is 249 g/mol. The summed E-state index contributed by atoms with van der Waals surface area (Å²) < 4.78 is 6.84. The third-order valence-corrected chi connectivity index (χ3v) is 2.35. The Kier molecular flexibility index (Phi) is 4.08. The average Bonchev–Trinajstić information content (AvgIpc) is 2.81. The molecule has 96 valence electrons. The summed E-state index contributed by atoms with van der Waals surface area (Å²) in [5, 5.41) is 22.9. The standard InChI is InChI=1S/C11H15N5O2/c1-16-11(13-14-15-16)12-8-9-2-4-10(5-3-9)18-7-6-17/h2-5,17H,6-8H2,1H3,(H,12,13,15). The van der Waals surface area contributed by atoms with Gasteiger partial charge in [-0.3, -0.25) is 0 Å². The first-order valence-electron chi connectivity index (χ1n) is 5.58. The van der Waals surface area contributed by atoms with Crippen LogP contribution in [0.3, 0.4) is 0 Å². The Morgan fingerprint density at radius 1 is 1.33 bits per heavy atom. The molecule has 0 atom stereocenters. The number of nitrogens with zero attached hydrogens (tertiary/aromatic N) is 4. The highest BCUT2D eigenvalue weighted by atomic mass is 16.5. The summed E-state index contributed by atoms with van der Waals surface area (Å²) in [6.45, 7) is 0.958. The predicted octanol–water partition coefficient (Wildman–Crippen LogP) is 0.193. The molecule has 0 spiro atoms. The Morgan fingerprint density at radius 3 is 2.72 bits per heavy atom. The zero-order chi connectivity index (χ0) is 12.8. The van der Waals surface area contributed by atoms with Crippen LogP contribution in [0.2, 0.25) is 0 Å². The molecule has 2 N–H and O–H groups in total. The van der Waals surface area contributed by atoms with E-state index >= 15 is 0 Å². The van der Waals surface area contributed by atoms with Gasteiger partial charge in [0.05, 0.1) is 6.61 Å². The maximum Gasteiger partial charge on any atom is 0.242 e. The number of hydrogen-bond acceptors (Lipinski definition) is 6. The van der Waals surface area contributed by atoms with E-state index in [0.29, 0.717) is 19.1 Å². The van der Waals surface area contributed by atoms with E-state index in [4.69, 9.17) is 9.84 Å². The molecule has 0 aliphatic rings. The zero-order valence-corrected chi connectivity index (χ0v) is 10.1. The van der Waals surface area contributed by atoms with Gasteiger partial charge < -0.3 is 15.2 Å². The molecule has 0 bridgehead atoms. The van der Waals surface area contributed by atoms with Gasteiger partial charge in [-0.15, -0.1) is 0 Å². The molecule has 2 aromatic rings. The van der Waals surface area contributed by atoms with E-state index in [-0.39, 0.29) is 6.61 Å². The molecule has 0 aliphatic carbocycles. The molecule has 0 amide bonds. The second kappa shape index (κ2) is 5.97. The zero-order valence-electron chi connectivity index (χ0n) is 10.1. The first kappa shape index (κ1) is 12.3. The van der Waals surface area contributed by atoms with Crippen LogP contribution in [-0.2, 0) is 13.6 Å². The van der Waals surface area contributed by atoms with Crippen molar-refractivity contribution in [2.45, 2.75) is 6.54 Å². The molecule has 0 aliphatic heterocycles. The molecule has 0 saturated heterocycles. The minimum absolute atomic E-state index is 0.0163. The van der Waals surface area contributed by atoms with Crippen LogP contribution in [0.15, 0.2) is 24.3 Å². The van der Waals surface area contributed by atoms with E-state index in [9.17, 15) is 0 Å². The van der Waals surface area contributed by atoms with Gasteiger partial charge in [-0.05, 0) is 28.1 Å². The van der Waals surface area contributed by atoms with Crippen LogP contribution in [0, 0.1) is 0 Å². The van der Waals surface area contributed by atoms with Gasteiger partial charge in [-0.1, -0.05) is 17.2 Å². The number of aliphatic hydroxyl groups is 1. The van der Waals surface area contributed by atoms with Crippen molar-refractivity contribution in [2.24, 2.45) is 7.05 Å². The monoisotopic (exact) mass is 249 g/mol. The Morgan fingerprint density at radius 2 is 2.11 bits per heavy atom. The molecule has 1 aromatic carbocycles. The number of benzene rings is 1. The highest BCUT2D eigenvalue weighted by Gasteiger charge is 2.01. The number of anilines is 1. The highest BCUT2D eigenvalue weighted by Crippen LogP contribution is 2.12. The van der Waals surface area contributed by atoms with E-state index < -0.39 is 0 Å². The van der Waals surface area contributed by atoms with Crippen molar-refractivity contribution in [3.05, 3.63) is 29.8 Å². The maximum absolute atomic E-state index is 8.64. The highest BCUT2D eigenvalue weighted by molar-refractivity contribution is 5.30. The van der Waals surface area contributed by atoms with Gasteiger partial charge in [0.25, 0.3) is 0 Å². The molecule has 0 unspecified atom stereocenters. The minimum atomic E-state index is 0.0163. The molecule has 1 heterocycles. The molecule has 0 radical (unpaired) electrons. The fourth-order valence-corrected chi connectivity index (χ4v) is 1.43. The van der Waals surface area contributed by atoms with Crippen LogP contribution in [0.4, 0.5) is 5.95 Å². The molecule has 7 heteroatoms. The fraction of sp³-hybridized carbons (Fsp3) is 0.364. The Balaban J connectivity index is 1.88. The summed E-state index contributed by atoms with van der Waals surface area (Å²) in [5.74, 6) is 1.36. The van der Waals surface area contributed by atoms with Crippen molar-refractivity contribution in [3.63, 3.8) is 0 Å². The van der Waals surface area contributed by atoms with Gasteiger partial charge in [-0.2, -0.15) is 0 Å². The number of ether oxygens (including phenoxy) is 1. The lowest BCUT2D eigenvalue weighted by Crippen LogP contribution is -2.06. The largest absolute Gasteiger partial charge is 0.491 e. The number of aromatic nitrogens is 4. The summed E-state index contributed by atoms with van der Waals surface area (Å²) >= 11 is 0. The van der Waals surface area contributed by atoms with E-state index in [0.717, 1.165) is 11.3 Å². The Labute approximate surface area is 104 Å². The number of nitrogens with one attached hydrogen (secondary N) is 1. The second-order valence-electron chi connectivity index (χ2n) is 3.70. The summed E-state index contributed by atoms with van der Waals surface area (Å²) in [6, 6.07) is 7.62. The van der Waals surface area contributed by atoms with Gasteiger partial charge in [0, 0.05) is 13.6 Å². The number of tetrazole rings is 1. The lowest BCUT2D eigenvalue weighted by Gasteiger charge is -2.06. The van der Waals surface area contributed by atoms with Crippen molar-refractivity contribution in [2.75, 3.05) is 18.5 Å². The van der Waals surface area contributed by atoms with Gasteiger partial charge in [-0.25, -0.2) is 4.68 Å². The Bertz CT molecular complexity index is 482. The third-order valence-electron chi connectivity index (χ3n) is 2.35. The van der Waals surface area contributed by atoms with Gasteiger partial charge in [0.2, 0.25) is 5.95 Å². The normalized spacial score (nSPS) is 10.3. The lowest BCUT2D eigenvalue weighted by atomic mass is 10.2. The summed E-state index contributed by atoms with van der Waals surface area (Å²) in [6.07, 6.45) is 0. The quantitative estimate of drug-likeness (QED) is 0.760. The summed E-state index contributed by atoms with van der Waals surface area (Å²) in [5.41, 5.74) is 1.09. The predicted molar refractivity (Wildman–Crippen MR) is 65.1 cm³/mol. The van der Waals surface area contributed by atoms with E-state index in [1.807, 2.05) is 24.3 Å². The number of aryl methyl sites for hydroxylation is 1. The van der Waals surface area contributed by atoms with E-state index in [1.165, 1.54) is 0 Å². The third kappa shape index (κ3) is 3.17. The van der Waals surface area contributed by atoms with Crippen molar-refractivity contribution < 1.29 is 9.84 Å². The lowest BCUT2D eigenvalue weighted by molar-refractivity contribution is 0.201. The number of rotatable bonds is 6. The van der Waals surface area contributed by atoms with Crippen molar-refractivity contribution in [3.8, 4) is 5.75 Å². The van der Waals surface area contributed by atoms with E-state index in [2.05, 4.69) is 20.8 Å². The molecule has 7 nitrogen and oxygen atoms in total. The van der Waals surface area contributed by atoms with Crippen molar-refractivity contribution in [1.82, 2.24) is 20.2 Å². The van der Waals surface area contributed by atoms with E-state index in [1.54, 1.807) is 11.7 Å². The SMILES string of the molecule is Cn1nnnc1NCc1ccc(OCCO)cc1. The van der Waals surface area contributed by atoms with Crippen LogP contribution >= 0.6 is 0 Å². The Hall–Kier alpha value is -2.15.